The number of hydrogen-bond acceptors (Lipinski definition) is 2. The summed E-state index contributed by atoms with van der Waals surface area (Å²) in [4.78, 5) is 4.55. The predicted octanol–water partition coefficient (Wildman–Crippen LogP) is 5.50. The van der Waals surface area contributed by atoms with Gasteiger partial charge in [-0.15, -0.1) is 0 Å². The van der Waals surface area contributed by atoms with Crippen LogP contribution < -0.4 is 5.32 Å². The molecule has 0 saturated carbocycles. The fourth-order valence-corrected chi connectivity index (χ4v) is 3.70. The maximum Gasteiger partial charge on any atom is 0.126 e. The van der Waals surface area contributed by atoms with Crippen LogP contribution in [0.25, 0.3) is 10.9 Å². The molecule has 2 aromatic carbocycles. The highest BCUT2D eigenvalue weighted by molar-refractivity contribution is 5.84. The standard InChI is InChI=1S/C24H24FN3/c1-17-13-18(2)27-24(14-17)26-12-11-20-16-28(23-6-4-3-5-22(20)23)15-19-7-9-21(25)10-8-19/h3-10,13-14,16H,11-12,15H2,1-2H3,(H,26,27). The Kier molecular flexibility index (Phi) is 5.11. The molecule has 0 amide bonds. The van der Waals surface area contributed by atoms with Gasteiger partial charge in [0.15, 0.2) is 0 Å². The van der Waals surface area contributed by atoms with E-state index >= 15 is 0 Å². The van der Waals surface area contributed by atoms with Crippen molar-refractivity contribution in [2.24, 2.45) is 0 Å². The first-order valence-electron chi connectivity index (χ1n) is 9.59. The van der Waals surface area contributed by atoms with Crippen molar-refractivity contribution in [3.63, 3.8) is 0 Å². The molecule has 4 rings (SSSR count). The summed E-state index contributed by atoms with van der Waals surface area (Å²) in [5, 5.41) is 4.71. The summed E-state index contributed by atoms with van der Waals surface area (Å²) in [7, 11) is 0. The second-order valence-electron chi connectivity index (χ2n) is 7.27. The average Bonchev–Trinajstić information content (AvgIpc) is 3.01. The first kappa shape index (κ1) is 18.2. The lowest BCUT2D eigenvalue weighted by molar-refractivity contribution is 0.626. The van der Waals surface area contributed by atoms with E-state index in [1.165, 1.54) is 34.2 Å². The van der Waals surface area contributed by atoms with E-state index in [1.807, 2.05) is 19.1 Å². The molecule has 0 fully saturated rings. The molecule has 28 heavy (non-hydrogen) atoms. The molecular formula is C24H24FN3. The fraction of sp³-hybridized carbons (Fsp3) is 0.208. The third-order valence-electron chi connectivity index (χ3n) is 4.94. The lowest BCUT2D eigenvalue weighted by Crippen LogP contribution is -2.07. The van der Waals surface area contributed by atoms with Gasteiger partial charge in [-0.1, -0.05) is 30.3 Å². The predicted molar refractivity (Wildman–Crippen MR) is 113 cm³/mol. The van der Waals surface area contributed by atoms with Crippen molar-refractivity contribution in [3.8, 4) is 0 Å². The first-order chi connectivity index (χ1) is 13.6. The van der Waals surface area contributed by atoms with Crippen molar-refractivity contribution in [1.29, 1.82) is 0 Å². The summed E-state index contributed by atoms with van der Waals surface area (Å²) < 4.78 is 15.4. The van der Waals surface area contributed by atoms with Crippen LogP contribution in [-0.4, -0.2) is 16.1 Å². The minimum Gasteiger partial charge on any atom is -0.370 e. The molecule has 3 nitrogen and oxygen atoms in total. The van der Waals surface area contributed by atoms with Crippen LogP contribution in [0, 0.1) is 19.7 Å². The first-order valence-corrected chi connectivity index (χ1v) is 9.59. The van der Waals surface area contributed by atoms with E-state index in [9.17, 15) is 4.39 Å². The number of halogens is 1. The zero-order chi connectivity index (χ0) is 19.5. The van der Waals surface area contributed by atoms with Crippen LogP contribution in [0.3, 0.4) is 0 Å². The number of nitrogens with one attached hydrogen (secondary N) is 1. The van der Waals surface area contributed by atoms with Gasteiger partial charge in [-0.05, 0) is 67.3 Å². The molecule has 0 aliphatic rings. The van der Waals surface area contributed by atoms with Gasteiger partial charge in [0, 0.05) is 35.9 Å². The quantitative estimate of drug-likeness (QED) is 0.484. The summed E-state index contributed by atoms with van der Waals surface area (Å²) in [5.41, 5.74) is 5.83. The SMILES string of the molecule is Cc1cc(C)nc(NCCc2cn(Cc3ccc(F)cc3)c3ccccc23)c1. The molecule has 142 valence electrons. The van der Waals surface area contributed by atoms with Crippen LogP contribution in [0.5, 0.6) is 0 Å². The minimum absolute atomic E-state index is 0.201. The Balaban J connectivity index is 1.53. The highest BCUT2D eigenvalue weighted by atomic mass is 19.1. The van der Waals surface area contributed by atoms with Gasteiger partial charge in [0.25, 0.3) is 0 Å². The van der Waals surface area contributed by atoms with Gasteiger partial charge in [0.05, 0.1) is 0 Å². The van der Waals surface area contributed by atoms with Crippen molar-refractivity contribution in [1.82, 2.24) is 9.55 Å². The smallest absolute Gasteiger partial charge is 0.126 e. The zero-order valence-corrected chi connectivity index (χ0v) is 16.2. The third-order valence-corrected chi connectivity index (χ3v) is 4.94. The molecule has 0 aliphatic heterocycles. The largest absolute Gasteiger partial charge is 0.370 e. The molecule has 0 radical (unpaired) electrons. The average molecular weight is 373 g/mol. The lowest BCUT2D eigenvalue weighted by Gasteiger charge is -2.07. The van der Waals surface area contributed by atoms with E-state index in [0.29, 0.717) is 0 Å². The Hall–Kier alpha value is -3.14. The Morgan fingerprint density at radius 1 is 1.00 bits per heavy atom. The summed E-state index contributed by atoms with van der Waals surface area (Å²) in [6, 6.07) is 19.3. The van der Waals surface area contributed by atoms with Crippen molar-refractivity contribution in [3.05, 3.63) is 95.1 Å². The number of nitrogens with zero attached hydrogens (tertiary/aromatic N) is 2. The zero-order valence-electron chi connectivity index (χ0n) is 16.2. The van der Waals surface area contributed by atoms with Crippen molar-refractivity contribution in [2.45, 2.75) is 26.8 Å². The van der Waals surface area contributed by atoms with Crippen molar-refractivity contribution >= 4 is 16.7 Å². The maximum absolute atomic E-state index is 13.2. The number of fused-ring (bicyclic) bond motifs is 1. The summed E-state index contributed by atoms with van der Waals surface area (Å²) >= 11 is 0. The number of aryl methyl sites for hydroxylation is 2. The number of rotatable bonds is 6. The normalized spacial score (nSPS) is 11.1. The fourth-order valence-electron chi connectivity index (χ4n) is 3.70. The van der Waals surface area contributed by atoms with E-state index in [1.54, 1.807) is 0 Å². The molecule has 0 atom stereocenters. The van der Waals surface area contributed by atoms with E-state index in [2.05, 4.69) is 64.4 Å². The number of para-hydroxylation sites is 1. The summed E-state index contributed by atoms with van der Waals surface area (Å²) in [6.45, 7) is 5.65. The van der Waals surface area contributed by atoms with Gasteiger partial charge in [0.1, 0.15) is 11.6 Å². The number of aromatic nitrogens is 2. The van der Waals surface area contributed by atoms with E-state index in [-0.39, 0.29) is 5.82 Å². The molecule has 2 aromatic heterocycles. The second kappa shape index (κ2) is 7.85. The molecule has 0 spiro atoms. The van der Waals surface area contributed by atoms with Gasteiger partial charge in [-0.3, -0.25) is 0 Å². The Bertz CT molecular complexity index is 1080. The van der Waals surface area contributed by atoms with Gasteiger partial charge in [-0.25, -0.2) is 9.37 Å². The maximum atomic E-state index is 13.2. The van der Waals surface area contributed by atoms with Gasteiger partial charge >= 0.3 is 0 Å². The highest BCUT2D eigenvalue weighted by Crippen LogP contribution is 2.23. The van der Waals surface area contributed by atoms with E-state index in [4.69, 9.17) is 0 Å². The topological polar surface area (TPSA) is 29.9 Å². The molecule has 0 aliphatic carbocycles. The van der Waals surface area contributed by atoms with Gasteiger partial charge in [-0.2, -0.15) is 0 Å². The van der Waals surface area contributed by atoms with E-state index in [0.717, 1.165) is 36.6 Å². The molecule has 0 unspecified atom stereocenters. The third kappa shape index (κ3) is 4.06. The van der Waals surface area contributed by atoms with Crippen LogP contribution in [0.1, 0.15) is 22.4 Å². The molecule has 1 N–H and O–H groups in total. The van der Waals surface area contributed by atoms with Crippen LogP contribution in [0.4, 0.5) is 10.2 Å². The number of hydrogen-bond donors (Lipinski definition) is 1. The number of benzene rings is 2. The highest BCUT2D eigenvalue weighted by Gasteiger charge is 2.09. The van der Waals surface area contributed by atoms with Crippen LogP contribution in [0.2, 0.25) is 0 Å². The van der Waals surface area contributed by atoms with Crippen LogP contribution >= 0.6 is 0 Å². The lowest BCUT2D eigenvalue weighted by atomic mass is 10.1. The van der Waals surface area contributed by atoms with Crippen molar-refractivity contribution in [2.75, 3.05) is 11.9 Å². The summed E-state index contributed by atoms with van der Waals surface area (Å²) in [6.07, 6.45) is 3.12. The second-order valence-corrected chi connectivity index (χ2v) is 7.27. The molecule has 2 heterocycles. The van der Waals surface area contributed by atoms with Crippen LogP contribution in [-0.2, 0) is 13.0 Å². The Morgan fingerprint density at radius 3 is 2.57 bits per heavy atom. The van der Waals surface area contributed by atoms with Crippen LogP contribution in [0.15, 0.2) is 66.9 Å². The van der Waals surface area contributed by atoms with Crippen molar-refractivity contribution < 1.29 is 4.39 Å². The molecule has 0 bridgehead atoms. The van der Waals surface area contributed by atoms with Gasteiger partial charge in [0.2, 0.25) is 0 Å². The Morgan fingerprint density at radius 2 is 1.79 bits per heavy atom. The van der Waals surface area contributed by atoms with E-state index < -0.39 is 0 Å². The molecule has 0 saturated heterocycles. The minimum atomic E-state index is -0.201. The summed E-state index contributed by atoms with van der Waals surface area (Å²) in [5.74, 6) is 0.723. The number of anilines is 1. The molecule has 4 aromatic rings. The molecular weight excluding hydrogens is 349 g/mol. The molecule has 4 heteroatoms. The van der Waals surface area contributed by atoms with Gasteiger partial charge < -0.3 is 9.88 Å². The number of pyridine rings is 1. The monoisotopic (exact) mass is 373 g/mol. The Labute approximate surface area is 164 Å².